The van der Waals surface area contributed by atoms with Crippen molar-refractivity contribution in [3.63, 3.8) is 0 Å². The SMILES string of the molecule is CC[NH-].O.O.[N-]=[N+]=[N-].[N-]=[N+]=[N-].[NH2-].[Pt+4]. The standard InChI is InChI=1S/C2H6N.2N3.H2N.2H2O.Pt/c1-2-3;2*1-3-2;;;;/h3H,2H2,1H3;;;3*1H2;/q4*-1;;;+4. The van der Waals surface area contributed by atoms with Gasteiger partial charge in [0.1, 0.15) is 0 Å². The Morgan fingerprint density at radius 1 is 1.00 bits per heavy atom. The van der Waals surface area contributed by atoms with Gasteiger partial charge in [-0.1, -0.05) is 6.92 Å². The largest absolute Gasteiger partial charge is 4.00 e. The Bertz CT molecular complexity index is 84.3. The van der Waals surface area contributed by atoms with Crippen LogP contribution in [0.2, 0.25) is 0 Å². The van der Waals surface area contributed by atoms with Crippen LogP contribution in [0.25, 0.3) is 43.8 Å². The zero-order chi connectivity index (χ0) is 8.12. The molecule has 0 saturated carbocycles. The van der Waals surface area contributed by atoms with E-state index in [0.717, 1.165) is 0 Å². The van der Waals surface area contributed by atoms with E-state index >= 15 is 0 Å². The van der Waals surface area contributed by atoms with E-state index in [1.165, 1.54) is 9.82 Å². The molecule has 0 bridgehead atoms. The van der Waals surface area contributed by atoms with Crippen molar-refractivity contribution < 1.29 is 32.0 Å². The summed E-state index contributed by atoms with van der Waals surface area (Å²) < 4.78 is 0. The Labute approximate surface area is 89.8 Å². The molecule has 0 unspecified atom stereocenters. The quantitative estimate of drug-likeness (QED) is 0.334. The van der Waals surface area contributed by atoms with Crippen LogP contribution >= 0.6 is 0 Å². The second-order valence-corrected chi connectivity index (χ2v) is 0.532. The first-order valence-electron chi connectivity index (χ1n) is 1.86. The summed E-state index contributed by atoms with van der Waals surface area (Å²) in [4.78, 5) is 3.00. The van der Waals surface area contributed by atoms with Crippen LogP contribution in [0.3, 0.4) is 0 Å². The van der Waals surface area contributed by atoms with Crippen LogP contribution in [-0.2, 0) is 21.1 Å². The van der Waals surface area contributed by atoms with Gasteiger partial charge in [0.2, 0.25) is 0 Å². The number of hydrogen-bond acceptors (Lipinski definition) is 0. The van der Waals surface area contributed by atoms with E-state index in [1.807, 2.05) is 0 Å². The molecule has 0 spiro atoms. The smallest absolute Gasteiger partial charge is 0.693 e. The summed E-state index contributed by atoms with van der Waals surface area (Å²) in [5.74, 6) is 0. The van der Waals surface area contributed by atoms with Crippen molar-refractivity contribution in [2.45, 2.75) is 6.92 Å². The van der Waals surface area contributed by atoms with Gasteiger partial charge in [0.05, 0.1) is 0 Å². The van der Waals surface area contributed by atoms with Gasteiger partial charge in [0.25, 0.3) is 0 Å². The number of nitrogens with one attached hydrogen (secondary N) is 1. The summed E-state index contributed by atoms with van der Waals surface area (Å²) in [6.07, 6.45) is 0. The van der Waals surface area contributed by atoms with Crippen molar-refractivity contribution in [3.05, 3.63) is 43.8 Å². The maximum absolute atomic E-state index is 6.75. The maximum atomic E-state index is 6.75. The monoisotopic (exact) mass is 375 g/mol. The van der Waals surface area contributed by atoms with E-state index in [1.54, 1.807) is 6.92 Å². The van der Waals surface area contributed by atoms with Crippen molar-refractivity contribution in [2.75, 3.05) is 6.54 Å². The molecule has 11 heteroatoms. The fourth-order valence-corrected chi connectivity index (χ4v) is 0. The third kappa shape index (κ3) is 1290. The van der Waals surface area contributed by atoms with Crippen molar-refractivity contribution in [1.29, 1.82) is 0 Å². The zero-order valence-corrected chi connectivity index (χ0v) is 9.06. The minimum absolute atomic E-state index is 0. The first kappa shape index (κ1) is 57.0. The molecule has 0 saturated heterocycles. The van der Waals surface area contributed by atoms with Crippen LogP contribution < -0.4 is 0 Å². The van der Waals surface area contributed by atoms with Gasteiger partial charge in [-0.25, -0.2) is 0 Å². The number of rotatable bonds is 0. The van der Waals surface area contributed by atoms with E-state index in [4.69, 9.17) is 27.9 Å². The zero-order valence-electron chi connectivity index (χ0n) is 6.78. The second kappa shape index (κ2) is 249. The van der Waals surface area contributed by atoms with Crippen molar-refractivity contribution >= 4 is 0 Å². The molecule has 0 atom stereocenters. The molecular formula is C2H12N8O2Pt. The predicted molar refractivity (Wildman–Crippen MR) is 47.5 cm³/mol. The minimum Gasteiger partial charge on any atom is -0.693 e. The Hall–Kier alpha value is -0.852. The van der Waals surface area contributed by atoms with Crippen LogP contribution in [0.4, 0.5) is 0 Å². The molecular weight excluding hydrogens is 363 g/mol. The van der Waals surface area contributed by atoms with Gasteiger partial charge in [0, 0.05) is 0 Å². The van der Waals surface area contributed by atoms with Crippen LogP contribution in [-0.4, -0.2) is 17.5 Å². The Morgan fingerprint density at radius 3 is 1.00 bits per heavy atom. The molecule has 0 aliphatic heterocycles. The van der Waals surface area contributed by atoms with Crippen molar-refractivity contribution in [1.82, 2.24) is 0 Å². The predicted octanol–water partition coefficient (Wildman–Crippen LogP) is 1.86. The third-order valence-electron chi connectivity index (χ3n) is 0. The fraction of sp³-hybridized carbons (Fsp3) is 1.00. The summed E-state index contributed by atoms with van der Waals surface area (Å²) in [5, 5.41) is 0. The van der Waals surface area contributed by atoms with Crippen LogP contribution in [0.15, 0.2) is 0 Å². The van der Waals surface area contributed by atoms with Gasteiger partial charge < -0.3 is 45.0 Å². The molecule has 13 heavy (non-hydrogen) atoms. The second-order valence-electron chi connectivity index (χ2n) is 0.532. The molecule has 82 valence electrons. The molecule has 0 heterocycles. The van der Waals surface area contributed by atoms with Crippen molar-refractivity contribution in [2.24, 2.45) is 0 Å². The van der Waals surface area contributed by atoms with Gasteiger partial charge in [-0.3, -0.25) is 9.82 Å². The Kier molecular flexibility index (Phi) is 1090. The first-order chi connectivity index (χ1) is 4.24. The average Bonchev–Trinajstić information content (AvgIpc) is 1.70. The van der Waals surface area contributed by atoms with Gasteiger partial charge >= 0.3 is 21.1 Å². The number of nitrogens with two attached hydrogens (primary N) is 1. The first-order valence-corrected chi connectivity index (χ1v) is 1.86. The summed E-state index contributed by atoms with van der Waals surface area (Å²) in [6, 6.07) is 0. The normalized spacial score (nSPS) is 2.62. The summed E-state index contributed by atoms with van der Waals surface area (Å²) in [5.41, 5.74) is 33.2. The molecule has 0 aromatic rings. The minimum atomic E-state index is 0. The van der Waals surface area contributed by atoms with E-state index in [-0.39, 0.29) is 38.2 Å². The molecule has 7 N–H and O–H groups in total. The molecule has 0 fully saturated rings. The fourth-order valence-electron chi connectivity index (χ4n) is 0. The van der Waals surface area contributed by atoms with Crippen LogP contribution in [0, 0.1) is 0 Å². The van der Waals surface area contributed by atoms with Gasteiger partial charge in [-0.15, -0.1) is 0 Å². The average molecular weight is 375 g/mol. The molecule has 0 aliphatic rings. The Balaban J connectivity index is -0.00000000720. The topological polar surface area (TPSA) is 238 Å². The van der Waals surface area contributed by atoms with E-state index in [2.05, 4.69) is 0 Å². The van der Waals surface area contributed by atoms with E-state index < -0.39 is 0 Å². The number of nitrogens with zero attached hydrogens (tertiary/aromatic N) is 6. The van der Waals surface area contributed by atoms with Gasteiger partial charge in [0.15, 0.2) is 0 Å². The third-order valence-corrected chi connectivity index (χ3v) is 0. The van der Waals surface area contributed by atoms with E-state index in [0.29, 0.717) is 6.54 Å². The van der Waals surface area contributed by atoms with Gasteiger partial charge in [-0.05, 0) is 0 Å². The van der Waals surface area contributed by atoms with Crippen LogP contribution in [0.1, 0.15) is 6.92 Å². The Morgan fingerprint density at radius 2 is 1.00 bits per heavy atom. The van der Waals surface area contributed by atoms with Crippen LogP contribution in [0.5, 0.6) is 0 Å². The molecule has 0 aliphatic carbocycles. The molecule has 0 aromatic carbocycles. The summed E-state index contributed by atoms with van der Waals surface area (Å²) in [7, 11) is 0. The molecule has 0 aromatic heterocycles. The molecule has 10 nitrogen and oxygen atoms in total. The van der Waals surface area contributed by atoms with Crippen molar-refractivity contribution in [3.8, 4) is 0 Å². The molecule has 0 rings (SSSR count). The van der Waals surface area contributed by atoms with E-state index in [9.17, 15) is 0 Å². The van der Waals surface area contributed by atoms with Gasteiger partial charge in [-0.2, -0.15) is 6.54 Å². The summed E-state index contributed by atoms with van der Waals surface area (Å²) >= 11 is 0. The number of hydrogen-bond donors (Lipinski definition) is 0. The maximum Gasteiger partial charge on any atom is 4.00 e. The molecule has 0 amide bonds. The summed E-state index contributed by atoms with van der Waals surface area (Å²) in [6.45, 7) is 2.29. The molecule has 0 radical (unpaired) electrons.